The smallest absolute Gasteiger partial charge is 0.126 e. The number of fused-ring (bicyclic) bond motifs is 3. The topological polar surface area (TPSA) is 53.8 Å². The van der Waals surface area contributed by atoms with Crippen molar-refractivity contribution in [2.45, 2.75) is 25.9 Å². The van der Waals surface area contributed by atoms with E-state index in [1.165, 1.54) is 29.8 Å². The summed E-state index contributed by atoms with van der Waals surface area (Å²) in [6.45, 7) is 9.93. The minimum absolute atomic E-state index is 0.0994. The van der Waals surface area contributed by atoms with Gasteiger partial charge in [0.25, 0.3) is 0 Å². The molecule has 2 unspecified atom stereocenters. The lowest BCUT2D eigenvalue weighted by atomic mass is 9.91. The van der Waals surface area contributed by atoms with E-state index in [0.29, 0.717) is 6.04 Å². The maximum absolute atomic E-state index is 5.93. The second-order valence-corrected chi connectivity index (χ2v) is 6.18. The molecule has 3 saturated heterocycles. The number of hydrogen-bond acceptors (Lipinski definition) is 5. The van der Waals surface area contributed by atoms with Gasteiger partial charge >= 0.3 is 0 Å². The zero-order valence-electron chi connectivity index (χ0n) is 13.2. The van der Waals surface area contributed by atoms with Gasteiger partial charge in [-0.15, -0.1) is 0 Å². The third-order valence-corrected chi connectivity index (χ3v) is 5.13. The number of hydrazine groups is 1. The van der Waals surface area contributed by atoms with Crippen molar-refractivity contribution in [3.8, 4) is 5.75 Å². The van der Waals surface area contributed by atoms with E-state index in [9.17, 15) is 0 Å². The van der Waals surface area contributed by atoms with Gasteiger partial charge in [0.05, 0.1) is 13.2 Å². The Kier molecular flexibility index (Phi) is 4.17. The third-order valence-electron chi connectivity index (χ3n) is 5.13. The van der Waals surface area contributed by atoms with Gasteiger partial charge in [-0.25, -0.2) is 0 Å². The Labute approximate surface area is 127 Å². The largest absolute Gasteiger partial charge is 0.496 e. The molecule has 0 saturated carbocycles. The lowest BCUT2D eigenvalue weighted by Gasteiger charge is -2.50. The van der Waals surface area contributed by atoms with Crippen molar-refractivity contribution in [3.05, 3.63) is 28.8 Å². The number of benzene rings is 1. The van der Waals surface area contributed by atoms with Crippen LogP contribution in [0.5, 0.6) is 5.75 Å². The quantitative estimate of drug-likeness (QED) is 0.635. The van der Waals surface area contributed by atoms with E-state index in [4.69, 9.17) is 10.6 Å². The van der Waals surface area contributed by atoms with Gasteiger partial charge in [-0.3, -0.25) is 21.1 Å². The van der Waals surface area contributed by atoms with Gasteiger partial charge in [0.15, 0.2) is 0 Å². The highest BCUT2D eigenvalue weighted by Crippen LogP contribution is 2.35. The van der Waals surface area contributed by atoms with E-state index in [1.54, 1.807) is 7.11 Å². The van der Waals surface area contributed by atoms with E-state index in [2.05, 4.69) is 41.2 Å². The molecule has 0 spiro atoms. The molecule has 0 radical (unpaired) electrons. The average molecular weight is 290 g/mol. The fourth-order valence-corrected chi connectivity index (χ4v) is 3.71. The van der Waals surface area contributed by atoms with Crippen molar-refractivity contribution in [1.29, 1.82) is 0 Å². The minimum atomic E-state index is 0.0994. The number of aryl methyl sites for hydroxylation is 1. The first kappa shape index (κ1) is 14.8. The molecule has 3 N–H and O–H groups in total. The molecule has 1 aromatic carbocycles. The van der Waals surface area contributed by atoms with E-state index < -0.39 is 0 Å². The van der Waals surface area contributed by atoms with Crippen molar-refractivity contribution < 1.29 is 4.74 Å². The first-order chi connectivity index (χ1) is 10.2. The van der Waals surface area contributed by atoms with Crippen molar-refractivity contribution in [2.75, 3.05) is 39.8 Å². The van der Waals surface area contributed by atoms with Gasteiger partial charge in [0.2, 0.25) is 0 Å². The van der Waals surface area contributed by atoms with Gasteiger partial charge in [-0.05, 0) is 25.0 Å². The molecule has 5 nitrogen and oxygen atoms in total. The standard InChI is InChI=1S/C16H26N4O/c1-11-4-5-13(16(21-3)12(11)2)15(18-17)14-10-19-6-8-20(14)9-7-19/h4-5,14-15,18H,6-10,17H2,1-3H3. The van der Waals surface area contributed by atoms with Crippen LogP contribution in [0.15, 0.2) is 12.1 Å². The summed E-state index contributed by atoms with van der Waals surface area (Å²) >= 11 is 0. The fourth-order valence-electron chi connectivity index (χ4n) is 3.71. The molecule has 0 aromatic heterocycles. The Morgan fingerprint density at radius 2 is 1.95 bits per heavy atom. The molecule has 116 valence electrons. The van der Waals surface area contributed by atoms with Crippen LogP contribution >= 0.6 is 0 Å². The Hall–Kier alpha value is -1.14. The highest BCUT2D eigenvalue weighted by atomic mass is 16.5. The first-order valence-corrected chi connectivity index (χ1v) is 7.72. The molecule has 3 aliphatic heterocycles. The van der Waals surface area contributed by atoms with E-state index in [-0.39, 0.29) is 6.04 Å². The van der Waals surface area contributed by atoms with Crippen LogP contribution < -0.4 is 16.0 Å². The number of nitrogens with two attached hydrogens (primary N) is 1. The van der Waals surface area contributed by atoms with Crippen LogP contribution in [0.25, 0.3) is 0 Å². The number of nitrogens with zero attached hydrogens (tertiary/aromatic N) is 2. The van der Waals surface area contributed by atoms with E-state index in [0.717, 1.165) is 25.4 Å². The summed E-state index contributed by atoms with van der Waals surface area (Å²) in [6.07, 6.45) is 0. The van der Waals surface area contributed by atoms with E-state index in [1.807, 2.05) is 0 Å². The maximum Gasteiger partial charge on any atom is 0.126 e. The van der Waals surface area contributed by atoms with Gasteiger partial charge in [-0.1, -0.05) is 12.1 Å². The van der Waals surface area contributed by atoms with Crippen LogP contribution in [0.2, 0.25) is 0 Å². The monoisotopic (exact) mass is 290 g/mol. The zero-order valence-corrected chi connectivity index (χ0v) is 13.2. The highest BCUT2D eigenvalue weighted by Gasteiger charge is 2.38. The molecule has 2 bridgehead atoms. The predicted octanol–water partition coefficient (Wildman–Crippen LogP) is 0.816. The SMILES string of the molecule is COc1c(C(NN)C2CN3CCN2CC3)ccc(C)c1C. The molecule has 4 rings (SSSR count). The summed E-state index contributed by atoms with van der Waals surface area (Å²) in [5.74, 6) is 6.90. The predicted molar refractivity (Wildman–Crippen MR) is 84.3 cm³/mol. The number of rotatable bonds is 4. The average Bonchev–Trinajstić information content (AvgIpc) is 2.53. The molecule has 0 amide bonds. The molecule has 5 heteroatoms. The van der Waals surface area contributed by atoms with Gasteiger partial charge in [0.1, 0.15) is 5.75 Å². The van der Waals surface area contributed by atoms with Crippen molar-refractivity contribution in [1.82, 2.24) is 15.2 Å². The number of ether oxygens (including phenoxy) is 1. The third kappa shape index (κ3) is 2.55. The minimum Gasteiger partial charge on any atom is -0.496 e. The zero-order chi connectivity index (χ0) is 15.0. The molecule has 3 heterocycles. The maximum atomic E-state index is 5.93. The summed E-state index contributed by atoms with van der Waals surface area (Å²) in [7, 11) is 1.75. The summed E-state index contributed by atoms with van der Waals surface area (Å²) in [5, 5.41) is 0. The second kappa shape index (κ2) is 5.93. The number of hydrogen-bond donors (Lipinski definition) is 2. The molecule has 3 aliphatic rings. The Morgan fingerprint density at radius 3 is 2.48 bits per heavy atom. The normalized spacial score (nSPS) is 29.4. The van der Waals surface area contributed by atoms with Crippen LogP contribution in [0, 0.1) is 13.8 Å². The first-order valence-electron chi connectivity index (χ1n) is 7.72. The van der Waals surface area contributed by atoms with Crippen LogP contribution in [0.4, 0.5) is 0 Å². The number of piperazine rings is 3. The second-order valence-electron chi connectivity index (χ2n) is 6.18. The summed E-state index contributed by atoms with van der Waals surface area (Å²) in [5.41, 5.74) is 6.67. The highest BCUT2D eigenvalue weighted by molar-refractivity contribution is 5.47. The Balaban J connectivity index is 1.95. The van der Waals surface area contributed by atoms with Gasteiger partial charge in [-0.2, -0.15) is 0 Å². The van der Waals surface area contributed by atoms with Crippen molar-refractivity contribution >= 4 is 0 Å². The number of nitrogens with one attached hydrogen (secondary N) is 1. The fraction of sp³-hybridized carbons (Fsp3) is 0.625. The van der Waals surface area contributed by atoms with Crippen LogP contribution in [0.1, 0.15) is 22.7 Å². The lowest BCUT2D eigenvalue weighted by molar-refractivity contribution is -0.00402. The van der Waals surface area contributed by atoms with Crippen LogP contribution in [-0.2, 0) is 0 Å². The molecule has 1 aromatic rings. The molecule has 0 aliphatic carbocycles. The number of methoxy groups -OCH3 is 1. The van der Waals surface area contributed by atoms with Gasteiger partial charge in [0, 0.05) is 44.3 Å². The molecular weight excluding hydrogens is 264 g/mol. The van der Waals surface area contributed by atoms with E-state index >= 15 is 0 Å². The van der Waals surface area contributed by atoms with Crippen LogP contribution in [-0.4, -0.2) is 55.7 Å². The van der Waals surface area contributed by atoms with Crippen LogP contribution in [0.3, 0.4) is 0 Å². The lowest BCUT2D eigenvalue weighted by Crippen LogP contribution is -2.64. The molecule has 21 heavy (non-hydrogen) atoms. The molecule has 3 fully saturated rings. The Morgan fingerprint density at radius 1 is 1.24 bits per heavy atom. The summed E-state index contributed by atoms with van der Waals surface area (Å²) in [4.78, 5) is 5.09. The van der Waals surface area contributed by atoms with Gasteiger partial charge < -0.3 is 4.74 Å². The summed E-state index contributed by atoms with van der Waals surface area (Å²) in [6, 6.07) is 4.83. The Bertz CT molecular complexity index is 511. The van der Waals surface area contributed by atoms with Crippen molar-refractivity contribution in [3.63, 3.8) is 0 Å². The molecular formula is C16H26N4O. The molecule has 2 atom stereocenters. The van der Waals surface area contributed by atoms with Crippen molar-refractivity contribution in [2.24, 2.45) is 5.84 Å². The summed E-state index contributed by atoms with van der Waals surface area (Å²) < 4.78 is 5.68.